The number of fused-ring (bicyclic) bond motifs is 6. The largest absolute Gasteiger partial charge is 0.313 e. The summed E-state index contributed by atoms with van der Waals surface area (Å²) in [6.45, 7) is 2.19. The third-order valence-electron chi connectivity index (χ3n) is 10.7. The van der Waals surface area contributed by atoms with Gasteiger partial charge in [-0.05, 0) is 101 Å². The molecule has 1 atom stereocenters. The quantitative estimate of drug-likeness (QED) is 0.175. The molecule has 0 N–H and O–H groups in total. The minimum atomic E-state index is 0.349. The second kappa shape index (κ2) is 11.9. The van der Waals surface area contributed by atoms with Crippen LogP contribution in [0.2, 0.25) is 0 Å². The Balaban J connectivity index is 1.13. The highest BCUT2D eigenvalue weighted by molar-refractivity contribution is 6.11. The molecule has 242 valence electrons. The van der Waals surface area contributed by atoms with Gasteiger partial charge in [0.05, 0.1) is 16.6 Å². The maximum Gasteiger partial charge on any atom is 0.0541 e. The van der Waals surface area contributed by atoms with Gasteiger partial charge in [0.1, 0.15) is 0 Å². The number of rotatable bonds is 5. The molecular formula is C49H36N2. The Kier molecular flexibility index (Phi) is 6.89. The standard InChI is InChI=1S/C49H36N2/c1-33-27-39(35-15-7-3-8-16-35)29-41(28-33)51-46-20-12-11-19-42(46)44-30-36(23-26-48(44)51)37-22-25-47-45(31-37)43-24-21-38(34-13-5-2-6-14-34)32-49(43)50(47)40-17-9-4-10-18-40/h2-31,38H,32H2,1H3. The molecule has 9 aromatic rings. The molecule has 2 aromatic heterocycles. The number of allylic oxidation sites excluding steroid dienone is 1. The average molecular weight is 653 g/mol. The molecular weight excluding hydrogens is 617 g/mol. The lowest BCUT2D eigenvalue weighted by molar-refractivity contribution is 0.783. The zero-order chi connectivity index (χ0) is 33.9. The smallest absolute Gasteiger partial charge is 0.0541 e. The normalized spacial score (nSPS) is 14.0. The molecule has 0 spiro atoms. The highest BCUT2D eigenvalue weighted by Gasteiger charge is 2.24. The first-order valence-corrected chi connectivity index (χ1v) is 17.9. The maximum absolute atomic E-state index is 2.48. The summed E-state index contributed by atoms with van der Waals surface area (Å²) < 4.78 is 4.91. The molecule has 1 unspecified atom stereocenters. The van der Waals surface area contributed by atoms with E-state index in [1.54, 1.807) is 0 Å². The van der Waals surface area contributed by atoms with Crippen LogP contribution in [0.25, 0.3) is 72.4 Å². The van der Waals surface area contributed by atoms with Crippen LogP contribution < -0.4 is 0 Å². The SMILES string of the molecule is Cc1cc(-c2ccccc2)cc(-n2c3ccccc3c3cc(-c4ccc5c(c4)c4c(n5-c5ccccc5)CC(c5ccccc5)C=C4)ccc32)c1. The van der Waals surface area contributed by atoms with Crippen LogP contribution in [0.4, 0.5) is 0 Å². The predicted molar refractivity (Wildman–Crippen MR) is 215 cm³/mol. The monoisotopic (exact) mass is 652 g/mol. The molecule has 0 bridgehead atoms. The van der Waals surface area contributed by atoms with Crippen molar-refractivity contribution in [2.24, 2.45) is 0 Å². The number of aromatic nitrogens is 2. The van der Waals surface area contributed by atoms with Crippen LogP contribution in [0.5, 0.6) is 0 Å². The van der Waals surface area contributed by atoms with E-state index in [4.69, 9.17) is 0 Å². The summed E-state index contributed by atoms with van der Waals surface area (Å²) in [5, 5.41) is 3.82. The van der Waals surface area contributed by atoms with Crippen LogP contribution in [0.1, 0.15) is 28.3 Å². The third kappa shape index (κ3) is 4.94. The first-order chi connectivity index (χ1) is 25.2. The van der Waals surface area contributed by atoms with Gasteiger partial charge in [0.25, 0.3) is 0 Å². The van der Waals surface area contributed by atoms with Crippen LogP contribution in [0.15, 0.2) is 176 Å². The van der Waals surface area contributed by atoms with Gasteiger partial charge in [0, 0.05) is 44.7 Å². The van der Waals surface area contributed by atoms with Gasteiger partial charge < -0.3 is 9.13 Å². The van der Waals surface area contributed by atoms with Crippen LogP contribution >= 0.6 is 0 Å². The van der Waals surface area contributed by atoms with Crippen LogP contribution in [-0.2, 0) is 6.42 Å². The van der Waals surface area contributed by atoms with E-state index in [2.05, 4.69) is 198 Å². The number of benzene rings is 7. The lowest BCUT2D eigenvalue weighted by Crippen LogP contribution is -2.09. The zero-order valence-corrected chi connectivity index (χ0v) is 28.5. The van der Waals surface area contributed by atoms with Crippen molar-refractivity contribution < 1.29 is 0 Å². The lowest BCUT2D eigenvalue weighted by Gasteiger charge is -2.20. The minimum Gasteiger partial charge on any atom is -0.313 e. The average Bonchev–Trinajstić information content (AvgIpc) is 3.70. The van der Waals surface area contributed by atoms with E-state index in [-0.39, 0.29) is 0 Å². The van der Waals surface area contributed by atoms with Gasteiger partial charge in [-0.25, -0.2) is 0 Å². The van der Waals surface area contributed by atoms with Gasteiger partial charge in [-0.2, -0.15) is 0 Å². The van der Waals surface area contributed by atoms with Gasteiger partial charge in [-0.3, -0.25) is 0 Å². The molecule has 0 saturated carbocycles. The van der Waals surface area contributed by atoms with E-state index < -0.39 is 0 Å². The van der Waals surface area contributed by atoms with Gasteiger partial charge >= 0.3 is 0 Å². The molecule has 2 nitrogen and oxygen atoms in total. The molecule has 2 heterocycles. The van der Waals surface area contributed by atoms with Gasteiger partial charge in [0.2, 0.25) is 0 Å². The van der Waals surface area contributed by atoms with Crippen LogP contribution in [-0.4, -0.2) is 9.13 Å². The Hall–Kier alpha value is -6.38. The number of hydrogen-bond acceptors (Lipinski definition) is 0. The summed E-state index contributed by atoms with van der Waals surface area (Å²) in [4.78, 5) is 0. The fourth-order valence-corrected chi connectivity index (χ4v) is 8.34. The molecule has 0 fully saturated rings. The summed E-state index contributed by atoms with van der Waals surface area (Å²) >= 11 is 0. The van der Waals surface area contributed by atoms with Crippen molar-refractivity contribution >= 4 is 38.8 Å². The van der Waals surface area contributed by atoms with E-state index in [9.17, 15) is 0 Å². The van der Waals surface area contributed by atoms with E-state index >= 15 is 0 Å². The van der Waals surface area contributed by atoms with Gasteiger partial charge in [0.15, 0.2) is 0 Å². The number of para-hydroxylation sites is 2. The molecule has 0 aliphatic heterocycles. The summed E-state index contributed by atoms with van der Waals surface area (Å²) in [6.07, 6.45) is 5.73. The van der Waals surface area contributed by atoms with Crippen LogP contribution in [0, 0.1) is 6.92 Å². The molecule has 0 saturated heterocycles. The molecule has 10 rings (SSSR count). The van der Waals surface area contributed by atoms with Crippen molar-refractivity contribution in [1.82, 2.24) is 9.13 Å². The van der Waals surface area contributed by atoms with Crippen LogP contribution in [0.3, 0.4) is 0 Å². The van der Waals surface area contributed by atoms with Crippen molar-refractivity contribution in [2.75, 3.05) is 0 Å². The Morgan fingerprint density at radius 1 is 0.451 bits per heavy atom. The van der Waals surface area contributed by atoms with Gasteiger partial charge in [-0.15, -0.1) is 0 Å². The van der Waals surface area contributed by atoms with E-state index in [1.807, 2.05) is 0 Å². The first kappa shape index (κ1) is 29.5. The molecule has 1 aliphatic carbocycles. The molecule has 2 heteroatoms. The fourth-order valence-electron chi connectivity index (χ4n) is 8.34. The Morgan fingerprint density at radius 3 is 1.84 bits per heavy atom. The van der Waals surface area contributed by atoms with E-state index in [0.29, 0.717) is 5.92 Å². The number of aryl methyl sites for hydroxylation is 1. The van der Waals surface area contributed by atoms with E-state index in [0.717, 1.165) is 6.42 Å². The topological polar surface area (TPSA) is 9.86 Å². The summed E-state index contributed by atoms with van der Waals surface area (Å²) in [7, 11) is 0. The van der Waals surface area contributed by atoms with Crippen molar-refractivity contribution in [1.29, 1.82) is 0 Å². The van der Waals surface area contributed by atoms with Crippen molar-refractivity contribution in [3.8, 4) is 33.6 Å². The second-order valence-electron chi connectivity index (χ2n) is 13.9. The second-order valence-corrected chi connectivity index (χ2v) is 13.9. The van der Waals surface area contributed by atoms with E-state index in [1.165, 1.54) is 88.7 Å². The lowest BCUT2D eigenvalue weighted by atomic mass is 9.87. The Bertz CT molecular complexity index is 2760. The Morgan fingerprint density at radius 2 is 1.08 bits per heavy atom. The van der Waals surface area contributed by atoms with Crippen molar-refractivity contribution in [2.45, 2.75) is 19.3 Å². The van der Waals surface area contributed by atoms with Gasteiger partial charge in [-0.1, -0.05) is 127 Å². The molecule has 0 radical (unpaired) electrons. The molecule has 0 amide bonds. The molecule has 1 aliphatic rings. The molecule has 51 heavy (non-hydrogen) atoms. The van der Waals surface area contributed by atoms with Crippen molar-refractivity contribution in [3.05, 3.63) is 198 Å². The zero-order valence-electron chi connectivity index (χ0n) is 28.5. The first-order valence-electron chi connectivity index (χ1n) is 17.9. The summed E-state index contributed by atoms with van der Waals surface area (Å²) in [6, 6.07) is 62.2. The maximum atomic E-state index is 2.48. The van der Waals surface area contributed by atoms with Crippen molar-refractivity contribution in [3.63, 3.8) is 0 Å². The number of nitrogens with zero attached hydrogens (tertiary/aromatic N) is 2. The minimum absolute atomic E-state index is 0.349. The summed E-state index contributed by atoms with van der Waals surface area (Å²) in [5.74, 6) is 0.349. The predicted octanol–water partition coefficient (Wildman–Crippen LogP) is 12.7. The third-order valence-corrected chi connectivity index (χ3v) is 10.7. The fraction of sp³-hybridized carbons (Fsp3) is 0.0612. The summed E-state index contributed by atoms with van der Waals surface area (Å²) in [5.41, 5.74) is 16.3. The highest BCUT2D eigenvalue weighted by atomic mass is 15.0. The molecule has 7 aromatic carbocycles. The highest BCUT2D eigenvalue weighted by Crippen LogP contribution is 2.41. The Labute approximate surface area is 298 Å². The number of hydrogen-bond donors (Lipinski definition) is 0.